The normalized spacial score (nSPS) is 19.8. The van der Waals surface area contributed by atoms with Crippen molar-refractivity contribution in [2.45, 2.75) is 51.5 Å². The van der Waals surface area contributed by atoms with Gasteiger partial charge in [-0.05, 0) is 54.3 Å². The first-order chi connectivity index (χ1) is 16.9. The fraction of sp³-hybridized carbons (Fsp3) is 0.407. The third-order valence-electron chi connectivity index (χ3n) is 6.42. The maximum Gasteiger partial charge on any atom is 0.272 e. The van der Waals surface area contributed by atoms with Crippen LogP contribution < -0.4 is 14.8 Å². The van der Waals surface area contributed by atoms with Gasteiger partial charge in [-0.3, -0.25) is 9.59 Å². The molecule has 0 radical (unpaired) electrons. The van der Waals surface area contributed by atoms with Crippen molar-refractivity contribution in [1.82, 2.24) is 10.3 Å². The van der Waals surface area contributed by atoms with E-state index in [0.29, 0.717) is 18.8 Å². The van der Waals surface area contributed by atoms with Gasteiger partial charge in [-0.2, -0.15) is 10.1 Å². The van der Waals surface area contributed by atoms with Crippen molar-refractivity contribution < 1.29 is 19.1 Å². The van der Waals surface area contributed by atoms with Crippen LogP contribution in [0.15, 0.2) is 64.6 Å². The molecule has 2 aromatic rings. The molecule has 35 heavy (non-hydrogen) atoms. The van der Waals surface area contributed by atoms with E-state index in [9.17, 15) is 9.59 Å². The van der Waals surface area contributed by atoms with E-state index in [4.69, 9.17) is 9.47 Å². The highest BCUT2D eigenvalue weighted by atomic mass is 16.5. The maximum atomic E-state index is 13.4. The predicted molar refractivity (Wildman–Crippen MR) is 133 cm³/mol. The largest absolute Gasteiger partial charge is 0.497 e. The van der Waals surface area contributed by atoms with Gasteiger partial charge in [0.15, 0.2) is 0 Å². The zero-order valence-corrected chi connectivity index (χ0v) is 20.5. The third-order valence-corrected chi connectivity index (χ3v) is 6.42. The molecule has 0 spiro atoms. The van der Waals surface area contributed by atoms with Crippen LogP contribution in [0.2, 0.25) is 0 Å². The summed E-state index contributed by atoms with van der Waals surface area (Å²) >= 11 is 0. The number of unbranched alkanes of at least 4 members (excludes halogenated alkanes) is 3. The summed E-state index contributed by atoms with van der Waals surface area (Å²) in [5.74, 6) is 0.826. The lowest BCUT2D eigenvalue weighted by Gasteiger charge is -2.38. The minimum Gasteiger partial charge on any atom is -0.497 e. The van der Waals surface area contributed by atoms with Gasteiger partial charge in [-0.15, -0.1) is 0 Å². The van der Waals surface area contributed by atoms with Gasteiger partial charge in [0.2, 0.25) is 0 Å². The van der Waals surface area contributed by atoms with Crippen LogP contribution in [-0.2, 0) is 15.1 Å². The van der Waals surface area contributed by atoms with Crippen molar-refractivity contribution in [2.24, 2.45) is 10.3 Å². The van der Waals surface area contributed by atoms with E-state index < -0.39 is 5.54 Å². The van der Waals surface area contributed by atoms with Crippen LogP contribution in [-0.4, -0.2) is 37.1 Å². The van der Waals surface area contributed by atoms with E-state index >= 15 is 0 Å². The smallest absolute Gasteiger partial charge is 0.272 e. The summed E-state index contributed by atoms with van der Waals surface area (Å²) in [6.45, 7) is 4.80. The molecule has 0 aliphatic carbocycles. The second kappa shape index (κ2) is 10.7. The predicted octanol–water partition coefficient (Wildman–Crippen LogP) is 5.01. The van der Waals surface area contributed by atoms with Gasteiger partial charge in [-0.25, -0.2) is 0 Å². The number of hydrogen-bond acceptors (Lipinski definition) is 6. The SMILES string of the molecule is CCCCCCOc1ccc(C2(C)CC(c3ccc(OC)cc3)=C(N3N=NCC3=O)C(=O)N2)cc1. The molecule has 2 aromatic carbocycles. The van der Waals surface area contributed by atoms with Gasteiger partial charge < -0.3 is 14.8 Å². The minimum atomic E-state index is -0.685. The Bertz CT molecular complexity index is 1120. The average Bonchev–Trinajstić information content (AvgIpc) is 3.29. The Labute approximate surface area is 206 Å². The molecule has 0 saturated carbocycles. The fourth-order valence-corrected chi connectivity index (χ4v) is 4.44. The highest BCUT2D eigenvalue weighted by Gasteiger charge is 2.41. The summed E-state index contributed by atoms with van der Waals surface area (Å²) in [5, 5.41) is 12.0. The number of methoxy groups -OCH3 is 1. The first-order valence-electron chi connectivity index (χ1n) is 12.1. The first kappa shape index (κ1) is 24.4. The van der Waals surface area contributed by atoms with Gasteiger partial charge in [0.25, 0.3) is 11.8 Å². The monoisotopic (exact) mass is 476 g/mol. The van der Waals surface area contributed by atoms with E-state index in [1.807, 2.05) is 55.5 Å². The molecule has 2 aliphatic heterocycles. The summed E-state index contributed by atoms with van der Waals surface area (Å²) < 4.78 is 11.2. The number of nitrogens with one attached hydrogen (secondary N) is 1. The summed E-state index contributed by atoms with van der Waals surface area (Å²) in [5.41, 5.74) is 2.03. The second-order valence-electron chi connectivity index (χ2n) is 9.05. The quantitative estimate of drug-likeness (QED) is 0.488. The lowest BCUT2D eigenvalue weighted by atomic mass is 9.79. The fourth-order valence-electron chi connectivity index (χ4n) is 4.44. The number of ether oxygens (including phenoxy) is 2. The van der Waals surface area contributed by atoms with Crippen molar-refractivity contribution in [3.05, 3.63) is 65.4 Å². The Kier molecular flexibility index (Phi) is 7.48. The van der Waals surface area contributed by atoms with Gasteiger partial charge in [0.05, 0.1) is 19.3 Å². The molecule has 8 nitrogen and oxygen atoms in total. The van der Waals surface area contributed by atoms with Crippen molar-refractivity contribution in [2.75, 3.05) is 20.3 Å². The van der Waals surface area contributed by atoms with Crippen LogP contribution in [0.25, 0.3) is 5.57 Å². The molecular formula is C27H32N4O4. The van der Waals surface area contributed by atoms with Crippen molar-refractivity contribution in [1.29, 1.82) is 0 Å². The van der Waals surface area contributed by atoms with E-state index in [2.05, 4.69) is 22.6 Å². The number of benzene rings is 2. The molecule has 2 amide bonds. The van der Waals surface area contributed by atoms with Crippen LogP contribution in [0, 0.1) is 0 Å². The van der Waals surface area contributed by atoms with E-state index in [1.165, 1.54) is 19.3 Å². The zero-order chi connectivity index (χ0) is 24.8. The second-order valence-corrected chi connectivity index (χ2v) is 9.05. The number of rotatable bonds is 10. The van der Waals surface area contributed by atoms with Crippen molar-refractivity contribution >= 4 is 17.4 Å². The molecule has 1 N–H and O–H groups in total. The summed E-state index contributed by atoms with van der Waals surface area (Å²) in [4.78, 5) is 25.8. The summed E-state index contributed by atoms with van der Waals surface area (Å²) in [7, 11) is 1.60. The van der Waals surface area contributed by atoms with Gasteiger partial charge in [-0.1, -0.05) is 55.7 Å². The van der Waals surface area contributed by atoms with E-state index in [-0.39, 0.29) is 24.1 Å². The Balaban J connectivity index is 1.61. The minimum absolute atomic E-state index is 0.0656. The molecule has 0 aromatic heterocycles. The van der Waals surface area contributed by atoms with Crippen LogP contribution in [0.3, 0.4) is 0 Å². The average molecular weight is 477 g/mol. The van der Waals surface area contributed by atoms with Crippen LogP contribution in [0.1, 0.15) is 57.1 Å². The van der Waals surface area contributed by atoms with Crippen LogP contribution >= 0.6 is 0 Å². The molecular weight excluding hydrogens is 444 g/mol. The molecule has 1 unspecified atom stereocenters. The van der Waals surface area contributed by atoms with Crippen LogP contribution in [0.4, 0.5) is 0 Å². The standard InChI is InChI=1S/C27H32N4O4/c1-4-5-6-7-16-35-22-14-10-20(11-15-22)27(2)17-23(19-8-12-21(34-3)13-9-19)25(26(33)29-27)31-24(32)18-28-30-31/h8-15H,4-7,16-18H2,1-3H3,(H,29,33). The first-order valence-corrected chi connectivity index (χ1v) is 12.1. The van der Waals surface area contributed by atoms with E-state index in [1.54, 1.807) is 7.11 Å². The number of carbonyl (C=O) groups is 2. The van der Waals surface area contributed by atoms with Crippen molar-refractivity contribution in [3.63, 3.8) is 0 Å². The Morgan fingerprint density at radius 3 is 2.34 bits per heavy atom. The molecule has 8 heteroatoms. The lowest BCUT2D eigenvalue weighted by molar-refractivity contribution is -0.130. The maximum absolute atomic E-state index is 13.4. The third kappa shape index (κ3) is 5.37. The number of carbonyl (C=O) groups excluding carboxylic acids is 2. The molecule has 1 atom stereocenters. The van der Waals surface area contributed by atoms with Gasteiger partial charge >= 0.3 is 0 Å². The van der Waals surface area contributed by atoms with Crippen LogP contribution in [0.5, 0.6) is 11.5 Å². The zero-order valence-electron chi connectivity index (χ0n) is 20.5. The molecule has 0 fully saturated rings. The van der Waals surface area contributed by atoms with Crippen molar-refractivity contribution in [3.8, 4) is 11.5 Å². The topological polar surface area (TPSA) is 92.6 Å². The van der Waals surface area contributed by atoms with Gasteiger partial charge in [0.1, 0.15) is 23.7 Å². The molecule has 184 valence electrons. The highest BCUT2D eigenvalue weighted by Crippen LogP contribution is 2.40. The Morgan fingerprint density at radius 2 is 1.71 bits per heavy atom. The number of hydrogen-bond donors (Lipinski definition) is 1. The molecule has 0 bridgehead atoms. The summed E-state index contributed by atoms with van der Waals surface area (Å²) in [6, 6.07) is 15.3. The molecule has 2 heterocycles. The molecule has 2 aliphatic rings. The molecule has 0 saturated heterocycles. The Hall–Kier alpha value is -3.68. The highest BCUT2D eigenvalue weighted by molar-refractivity contribution is 6.06. The Morgan fingerprint density at radius 1 is 1.00 bits per heavy atom. The number of amides is 2. The van der Waals surface area contributed by atoms with Gasteiger partial charge in [0, 0.05) is 6.42 Å². The number of nitrogens with zero attached hydrogens (tertiary/aromatic N) is 3. The summed E-state index contributed by atoms with van der Waals surface area (Å²) in [6.07, 6.45) is 5.09. The lowest BCUT2D eigenvalue weighted by Crippen LogP contribution is -2.50. The molecule has 4 rings (SSSR count). The van der Waals surface area contributed by atoms with E-state index in [0.717, 1.165) is 33.9 Å².